The highest BCUT2D eigenvalue weighted by molar-refractivity contribution is 5.98. The van der Waals surface area contributed by atoms with Gasteiger partial charge in [0.05, 0.1) is 5.52 Å². The molecule has 0 unspecified atom stereocenters. The number of aromatic nitrogens is 1. The van der Waals surface area contributed by atoms with Crippen molar-refractivity contribution in [2.45, 2.75) is 58.7 Å². The number of benzene rings is 2. The topological polar surface area (TPSA) is 63.6 Å². The van der Waals surface area contributed by atoms with Crippen molar-refractivity contribution >= 4 is 22.7 Å². The number of amides is 2. The SMILES string of the molecule is CC(C)Cn1ccc2c(OCC(=O)NC3CCC(CN4Cc5ccccc5C4=O)CC3)cccc21. The second-order valence-electron chi connectivity index (χ2n) is 10.5. The highest BCUT2D eigenvalue weighted by Gasteiger charge is 2.30. The van der Waals surface area contributed by atoms with E-state index >= 15 is 0 Å². The Morgan fingerprint density at radius 1 is 1.06 bits per heavy atom. The Bertz CT molecular complexity index is 1210. The molecule has 1 aliphatic carbocycles. The first-order chi connectivity index (χ1) is 17.0. The number of fused-ring (bicyclic) bond motifs is 2. The van der Waals surface area contributed by atoms with Crippen LogP contribution in [0.4, 0.5) is 0 Å². The molecule has 1 fully saturated rings. The first-order valence-corrected chi connectivity index (χ1v) is 12.8. The second-order valence-corrected chi connectivity index (χ2v) is 10.5. The fraction of sp³-hybridized carbons (Fsp3) is 0.448. The molecule has 1 aromatic heterocycles. The number of carbonyl (C=O) groups is 2. The van der Waals surface area contributed by atoms with Gasteiger partial charge >= 0.3 is 0 Å². The molecule has 1 saturated carbocycles. The van der Waals surface area contributed by atoms with E-state index in [1.54, 1.807) is 0 Å². The van der Waals surface area contributed by atoms with Crippen molar-refractivity contribution < 1.29 is 14.3 Å². The van der Waals surface area contributed by atoms with Gasteiger partial charge in [-0.25, -0.2) is 0 Å². The van der Waals surface area contributed by atoms with E-state index in [9.17, 15) is 9.59 Å². The van der Waals surface area contributed by atoms with Crippen molar-refractivity contribution in [1.29, 1.82) is 0 Å². The number of carbonyl (C=O) groups excluding carboxylic acids is 2. The number of hydrogen-bond donors (Lipinski definition) is 1. The molecule has 1 aliphatic heterocycles. The van der Waals surface area contributed by atoms with Crippen LogP contribution in [0.15, 0.2) is 54.7 Å². The van der Waals surface area contributed by atoms with Crippen molar-refractivity contribution in [2.24, 2.45) is 11.8 Å². The third-order valence-corrected chi connectivity index (χ3v) is 7.28. The smallest absolute Gasteiger partial charge is 0.258 e. The Kier molecular flexibility index (Phi) is 6.80. The molecular formula is C29H35N3O3. The minimum Gasteiger partial charge on any atom is -0.483 e. The van der Waals surface area contributed by atoms with Gasteiger partial charge in [-0.2, -0.15) is 0 Å². The molecule has 6 nitrogen and oxygen atoms in total. The van der Waals surface area contributed by atoms with Gasteiger partial charge in [-0.1, -0.05) is 38.1 Å². The monoisotopic (exact) mass is 473 g/mol. The molecule has 5 rings (SSSR count). The van der Waals surface area contributed by atoms with Crippen LogP contribution >= 0.6 is 0 Å². The van der Waals surface area contributed by atoms with E-state index < -0.39 is 0 Å². The highest BCUT2D eigenvalue weighted by atomic mass is 16.5. The molecular weight excluding hydrogens is 438 g/mol. The third-order valence-electron chi connectivity index (χ3n) is 7.28. The first-order valence-electron chi connectivity index (χ1n) is 12.8. The van der Waals surface area contributed by atoms with Gasteiger partial charge in [-0.15, -0.1) is 0 Å². The zero-order valence-corrected chi connectivity index (χ0v) is 20.7. The summed E-state index contributed by atoms with van der Waals surface area (Å²) < 4.78 is 8.16. The van der Waals surface area contributed by atoms with Gasteiger partial charge in [0.25, 0.3) is 11.8 Å². The zero-order valence-electron chi connectivity index (χ0n) is 20.7. The first kappa shape index (κ1) is 23.5. The summed E-state index contributed by atoms with van der Waals surface area (Å²) in [6, 6.07) is 16.1. The summed E-state index contributed by atoms with van der Waals surface area (Å²) in [6.07, 6.45) is 6.02. The Balaban J connectivity index is 1.08. The molecule has 184 valence electrons. The van der Waals surface area contributed by atoms with Crippen LogP contribution in [0.25, 0.3) is 10.9 Å². The van der Waals surface area contributed by atoms with Crippen LogP contribution in [0.2, 0.25) is 0 Å². The molecule has 0 atom stereocenters. The van der Waals surface area contributed by atoms with Gasteiger partial charge in [-0.05, 0) is 67.3 Å². The van der Waals surface area contributed by atoms with Gasteiger partial charge in [0.15, 0.2) is 6.61 Å². The lowest BCUT2D eigenvalue weighted by molar-refractivity contribution is -0.124. The lowest BCUT2D eigenvalue weighted by Gasteiger charge is -2.31. The van der Waals surface area contributed by atoms with E-state index in [-0.39, 0.29) is 24.5 Å². The number of nitrogens with one attached hydrogen (secondary N) is 1. The number of ether oxygens (including phenoxy) is 1. The molecule has 2 amide bonds. The minimum atomic E-state index is -0.0720. The predicted molar refractivity (Wildman–Crippen MR) is 137 cm³/mol. The van der Waals surface area contributed by atoms with Gasteiger partial charge in [0, 0.05) is 42.8 Å². The normalized spacial score (nSPS) is 19.9. The third kappa shape index (κ3) is 5.21. The number of rotatable bonds is 8. The molecule has 2 aliphatic rings. The van der Waals surface area contributed by atoms with E-state index in [0.717, 1.165) is 73.1 Å². The van der Waals surface area contributed by atoms with Crippen molar-refractivity contribution in [1.82, 2.24) is 14.8 Å². The fourth-order valence-corrected chi connectivity index (χ4v) is 5.55. The van der Waals surface area contributed by atoms with Crippen molar-refractivity contribution in [2.75, 3.05) is 13.2 Å². The van der Waals surface area contributed by atoms with Crippen molar-refractivity contribution in [3.05, 3.63) is 65.9 Å². The Morgan fingerprint density at radius 2 is 1.86 bits per heavy atom. The molecule has 3 aromatic rings. The summed E-state index contributed by atoms with van der Waals surface area (Å²) in [5.41, 5.74) is 3.11. The standard InChI is InChI=1S/C29H35N3O3/c1-20(2)16-31-15-14-25-26(31)8-5-9-27(25)35-19-28(33)30-23-12-10-21(11-13-23)17-32-18-22-6-3-4-7-24(22)29(32)34/h3-9,14-15,20-21,23H,10-13,16-19H2,1-2H3,(H,30,33). The van der Waals surface area contributed by atoms with Crippen LogP contribution in [-0.2, 0) is 17.9 Å². The van der Waals surface area contributed by atoms with Gasteiger partial charge in [0.2, 0.25) is 0 Å². The Hall–Kier alpha value is -3.28. The predicted octanol–water partition coefficient (Wildman–Crippen LogP) is 5.01. The molecule has 35 heavy (non-hydrogen) atoms. The van der Waals surface area contributed by atoms with Crippen molar-refractivity contribution in [3.8, 4) is 5.75 Å². The molecule has 2 aromatic carbocycles. The van der Waals surface area contributed by atoms with Crippen molar-refractivity contribution in [3.63, 3.8) is 0 Å². The highest BCUT2D eigenvalue weighted by Crippen LogP contribution is 2.30. The molecule has 0 spiro atoms. The van der Waals surface area contributed by atoms with Crippen LogP contribution < -0.4 is 10.1 Å². The average molecular weight is 474 g/mol. The molecule has 0 bridgehead atoms. The van der Waals surface area contributed by atoms with Gasteiger partial charge in [-0.3, -0.25) is 9.59 Å². The quantitative estimate of drug-likeness (QED) is 0.500. The molecule has 2 heterocycles. The summed E-state index contributed by atoms with van der Waals surface area (Å²) in [5.74, 6) is 1.88. The minimum absolute atomic E-state index is 0.0228. The summed E-state index contributed by atoms with van der Waals surface area (Å²) in [5, 5.41) is 4.20. The maximum atomic E-state index is 12.7. The van der Waals surface area contributed by atoms with E-state index in [4.69, 9.17) is 4.74 Å². The lowest BCUT2D eigenvalue weighted by Crippen LogP contribution is -2.41. The maximum absolute atomic E-state index is 12.7. The summed E-state index contributed by atoms with van der Waals surface area (Å²) >= 11 is 0. The summed E-state index contributed by atoms with van der Waals surface area (Å²) in [6.45, 7) is 6.91. The van der Waals surface area contributed by atoms with E-state index in [2.05, 4.69) is 42.1 Å². The maximum Gasteiger partial charge on any atom is 0.258 e. The van der Waals surface area contributed by atoms with Crippen LogP contribution in [0, 0.1) is 11.8 Å². The number of nitrogens with zero attached hydrogens (tertiary/aromatic N) is 2. The van der Waals surface area contributed by atoms with Crippen LogP contribution in [0.3, 0.4) is 0 Å². The second kappa shape index (κ2) is 10.1. The fourth-order valence-electron chi connectivity index (χ4n) is 5.55. The summed E-state index contributed by atoms with van der Waals surface area (Å²) in [4.78, 5) is 27.2. The largest absolute Gasteiger partial charge is 0.483 e. The van der Waals surface area contributed by atoms with E-state index in [1.807, 2.05) is 41.3 Å². The molecule has 6 heteroatoms. The van der Waals surface area contributed by atoms with Crippen LogP contribution in [0.1, 0.15) is 55.5 Å². The van der Waals surface area contributed by atoms with Crippen LogP contribution in [0.5, 0.6) is 5.75 Å². The molecule has 0 radical (unpaired) electrons. The zero-order chi connectivity index (χ0) is 24.4. The lowest BCUT2D eigenvalue weighted by atomic mass is 9.85. The Morgan fingerprint density at radius 3 is 2.63 bits per heavy atom. The van der Waals surface area contributed by atoms with Gasteiger partial charge < -0.3 is 19.5 Å². The van der Waals surface area contributed by atoms with E-state index in [0.29, 0.717) is 11.8 Å². The van der Waals surface area contributed by atoms with E-state index in [1.165, 1.54) is 0 Å². The van der Waals surface area contributed by atoms with Gasteiger partial charge in [0.1, 0.15) is 5.75 Å². The average Bonchev–Trinajstić information content (AvgIpc) is 3.40. The summed E-state index contributed by atoms with van der Waals surface area (Å²) in [7, 11) is 0. The molecule has 1 N–H and O–H groups in total. The van der Waals surface area contributed by atoms with Crippen LogP contribution in [-0.4, -0.2) is 40.5 Å². The molecule has 0 saturated heterocycles. The number of hydrogen-bond acceptors (Lipinski definition) is 3. The Labute approximate surface area is 207 Å².